The lowest BCUT2D eigenvalue weighted by Crippen LogP contribution is -2.65. The number of hydrogen-bond donors (Lipinski definition) is 1. The molecule has 4 fully saturated rings. The monoisotopic (exact) mass is 612 g/mol. The normalized spacial score (nSPS) is 23.2. The number of carbonyl (C=O) groups excluding carboxylic acids is 1. The number of likely N-dealkylation sites (tertiary alicyclic amines) is 1. The fourth-order valence-electron chi connectivity index (χ4n) is 8.69. The first-order chi connectivity index (χ1) is 22.0. The molecule has 2 aromatic heterocycles. The number of ether oxygens (including phenoxy) is 2. The highest BCUT2D eigenvalue weighted by Crippen LogP contribution is 2.52. The third-order valence-corrected chi connectivity index (χ3v) is 10.8. The van der Waals surface area contributed by atoms with Crippen LogP contribution < -0.4 is 19.7 Å². The van der Waals surface area contributed by atoms with Gasteiger partial charge >= 0.3 is 0 Å². The fraction of sp³-hybridized carbons (Fsp3) is 0.543. The summed E-state index contributed by atoms with van der Waals surface area (Å²) in [5.41, 5.74) is 3.45. The zero-order valence-electron chi connectivity index (χ0n) is 25.7. The van der Waals surface area contributed by atoms with Crippen molar-refractivity contribution in [3.63, 3.8) is 0 Å². The number of nitrogens with zero attached hydrogens (tertiary/aromatic N) is 5. The predicted molar refractivity (Wildman–Crippen MR) is 167 cm³/mol. The Kier molecular flexibility index (Phi) is 7.44. The number of anilines is 1. The summed E-state index contributed by atoms with van der Waals surface area (Å²) in [6.45, 7) is 6.46. The largest absolute Gasteiger partial charge is 0.490 e. The minimum atomic E-state index is -0.488. The molecule has 1 atom stereocenters. The fourth-order valence-corrected chi connectivity index (χ4v) is 8.69. The van der Waals surface area contributed by atoms with Crippen molar-refractivity contribution < 1.29 is 18.7 Å². The summed E-state index contributed by atoms with van der Waals surface area (Å²) < 4.78 is 26.3. The second kappa shape index (κ2) is 11.6. The van der Waals surface area contributed by atoms with Crippen LogP contribution in [0, 0.1) is 16.6 Å². The van der Waals surface area contributed by atoms with Crippen molar-refractivity contribution in [3.05, 3.63) is 65.6 Å². The van der Waals surface area contributed by atoms with Gasteiger partial charge in [-0.1, -0.05) is 12.8 Å². The molecule has 10 heteroatoms. The van der Waals surface area contributed by atoms with Crippen LogP contribution in [-0.2, 0) is 6.42 Å². The van der Waals surface area contributed by atoms with Gasteiger partial charge in [-0.05, 0) is 74.8 Å². The van der Waals surface area contributed by atoms with Crippen molar-refractivity contribution in [2.45, 2.75) is 69.9 Å². The van der Waals surface area contributed by atoms with Gasteiger partial charge in [0.15, 0.2) is 17.9 Å². The highest BCUT2D eigenvalue weighted by molar-refractivity contribution is 5.79. The smallest absolute Gasteiger partial charge is 0.188 e. The SMILES string of the molecule is O=Cc1cc(F)ccc1Oc1cncnc1N1CC2(CC(Oc3ccnc4c3C(CCCN3CC5(CCCC5)C3)NCC4)C2)C1. The van der Waals surface area contributed by atoms with E-state index >= 15 is 0 Å². The Morgan fingerprint density at radius 1 is 1.02 bits per heavy atom. The van der Waals surface area contributed by atoms with Gasteiger partial charge in [-0.2, -0.15) is 0 Å². The van der Waals surface area contributed by atoms with Crippen LogP contribution in [0.5, 0.6) is 17.2 Å². The molecule has 5 heterocycles. The van der Waals surface area contributed by atoms with E-state index in [2.05, 4.69) is 31.2 Å². The lowest BCUT2D eigenvalue weighted by Gasteiger charge is -2.59. The molecule has 2 saturated heterocycles. The number of halogens is 1. The van der Waals surface area contributed by atoms with Crippen molar-refractivity contribution in [1.82, 2.24) is 25.2 Å². The molecule has 2 aliphatic carbocycles. The lowest BCUT2D eigenvalue weighted by molar-refractivity contribution is -0.0352. The first-order valence-corrected chi connectivity index (χ1v) is 16.6. The van der Waals surface area contributed by atoms with Crippen LogP contribution in [0.4, 0.5) is 10.2 Å². The maximum absolute atomic E-state index is 13.6. The van der Waals surface area contributed by atoms with Gasteiger partial charge in [0, 0.05) is 62.4 Å². The molecule has 0 radical (unpaired) electrons. The standard InChI is InChI=1S/C35H41FN6O3/c36-25-5-6-29(24(14-25)18-43)45-31-17-37-23-40-33(31)42-21-35(22-42)15-26(16-35)44-30-8-12-39-28-7-11-38-27(32(28)30)4-3-13-41-19-34(20-41)9-1-2-10-34/h5-6,8,12,14,17-18,23,26-27,38H,1-4,7,9-11,13,15-16,19-22H2. The van der Waals surface area contributed by atoms with E-state index in [1.807, 2.05) is 6.20 Å². The van der Waals surface area contributed by atoms with Crippen molar-refractivity contribution in [2.75, 3.05) is 44.2 Å². The van der Waals surface area contributed by atoms with Crippen LogP contribution in [0.15, 0.2) is 43.0 Å². The van der Waals surface area contributed by atoms with Gasteiger partial charge in [-0.15, -0.1) is 0 Å². The third-order valence-electron chi connectivity index (χ3n) is 10.8. The van der Waals surface area contributed by atoms with E-state index in [-0.39, 0.29) is 22.8 Å². The number of fused-ring (bicyclic) bond motifs is 1. The van der Waals surface area contributed by atoms with Gasteiger partial charge in [-0.3, -0.25) is 9.78 Å². The summed E-state index contributed by atoms with van der Waals surface area (Å²) in [6, 6.07) is 6.24. The number of aromatic nitrogens is 3. The van der Waals surface area contributed by atoms with E-state index in [9.17, 15) is 9.18 Å². The molecule has 0 amide bonds. The molecule has 1 unspecified atom stereocenters. The van der Waals surface area contributed by atoms with E-state index in [0.29, 0.717) is 29.3 Å². The molecule has 2 saturated carbocycles. The zero-order chi connectivity index (χ0) is 30.4. The summed E-state index contributed by atoms with van der Waals surface area (Å²) >= 11 is 0. The van der Waals surface area contributed by atoms with Crippen LogP contribution in [-0.4, -0.2) is 71.5 Å². The molecule has 3 aromatic rings. The van der Waals surface area contributed by atoms with Gasteiger partial charge < -0.3 is 24.6 Å². The number of aldehydes is 1. The van der Waals surface area contributed by atoms with Gasteiger partial charge in [0.05, 0.1) is 17.5 Å². The summed E-state index contributed by atoms with van der Waals surface area (Å²) in [4.78, 5) is 29.7. The van der Waals surface area contributed by atoms with Crippen LogP contribution in [0.25, 0.3) is 0 Å². The molecule has 1 N–H and O–H groups in total. The maximum atomic E-state index is 13.6. The average Bonchev–Trinajstić information content (AvgIpc) is 3.49. The Morgan fingerprint density at radius 2 is 1.87 bits per heavy atom. The Bertz CT molecular complexity index is 1560. The Morgan fingerprint density at radius 3 is 2.69 bits per heavy atom. The number of nitrogens with one attached hydrogen (secondary N) is 1. The molecule has 236 valence electrons. The quantitative estimate of drug-likeness (QED) is 0.298. The topological polar surface area (TPSA) is 92.7 Å². The number of rotatable bonds is 10. The van der Waals surface area contributed by atoms with Crippen molar-refractivity contribution in [2.24, 2.45) is 10.8 Å². The second-order valence-electron chi connectivity index (χ2n) is 14.1. The highest BCUT2D eigenvalue weighted by atomic mass is 19.1. The zero-order valence-corrected chi connectivity index (χ0v) is 25.7. The molecule has 2 spiro atoms. The summed E-state index contributed by atoms with van der Waals surface area (Å²) in [5, 5.41) is 3.77. The molecule has 9 nitrogen and oxygen atoms in total. The van der Waals surface area contributed by atoms with E-state index in [1.54, 1.807) is 6.20 Å². The van der Waals surface area contributed by atoms with Crippen molar-refractivity contribution >= 4 is 12.1 Å². The van der Waals surface area contributed by atoms with Gasteiger partial charge in [0.2, 0.25) is 0 Å². The number of hydrogen-bond acceptors (Lipinski definition) is 9. The van der Waals surface area contributed by atoms with Gasteiger partial charge in [0.1, 0.15) is 29.7 Å². The third kappa shape index (κ3) is 5.56. The molecule has 45 heavy (non-hydrogen) atoms. The van der Waals surface area contributed by atoms with Crippen LogP contribution in [0.3, 0.4) is 0 Å². The van der Waals surface area contributed by atoms with E-state index < -0.39 is 5.82 Å². The van der Waals surface area contributed by atoms with Crippen LogP contribution >= 0.6 is 0 Å². The minimum Gasteiger partial charge on any atom is -0.490 e. The highest BCUT2D eigenvalue weighted by Gasteiger charge is 2.54. The minimum absolute atomic E-state index is 0.146. The summed E-state index contributed by atoms with van der Waals surface area (Å²) in [7, 11) is 0. The van der Waals surface area contributed by atoms with Crippen LogP contribution in [0.1, 0.15) is 79.0 Å². The second-order valence-corrected chi connectivity index (χ2v) is 14.1. The van der Waals surface area contributed by atoms with E-state index in [0.717, 1.165) is 57.1 Å². The molecule has 5 aliphatic rings. The molecule has 8 rings (SSSR count). The number of benzene rings is 1. The first-order valence-electron chi connectivity index (χ1n) is 16.6. The van der Waals surface area contributed by atoms with Crippen LogP contribution in [0.2, 0.25) is 0 Å². The van der Waals surface area contributed by atoms with Crippen molar-refractivity contribution in [3.8, 4) is 17.2 Å². The number of pyridine rings is 1. The van der Waals surface area contributed by atoms with Crippen molar-refractivity contribution in [1.29, 1.82) is 0 Å². The predicted octanol–water partition coefficient (Wildman–Crippen LogP) is 5.51. The Balaban J connectivity index is 0.865. The van der Waals surface area contributed by atoms with E-state index in [1.165, 1.54) is 81.5 Å². The molecular weight excluding hydrogens is 571 g/mol. The maximum Gasteiger partial charge on any atom is 0.188 e. The molecule has 0 bridgehead atoms. The average molecular weight is 613 g/mol. The Hall–Kier alpha value is -3.63. The lowest BCUT2D eigenvalue weighted by atomic mass is 9.61. The molecular formula is C35H41FN6O3. The van der Waals surface area contributed by atoms with Gasteiger partial charge in [-0.25, -0.2) is 14.4 Å². The molecule has 1 aromatic carbocycles. The Labute approximate surface area is 263 Å². The summed E-state index contributed by atoms with van der Waals surface area (Å²) in [6.07, 6.45) is 16.7. The van der Waals surface area contributed by atoms with E-state index in [4.69, 9.17) is 14.5 Å². The summed E-state index contributed by atoms with van der Waals surface area (Å²) in [5.74, 6) is 1.91. The molecule has 3 aliphatic heterocycles. The number of carbonyl (C=O) groups is 1. The van der Waals surface area contributed by atoms with Gasteiger partial charge in [0.25, 0.3) is 0 Å². The first kappa shape index (κ1) is 28.8.